The number of hydrogen-bond acceptors (Lipinski definition) is 4. The van der Waals surface area contributed by atoms with E-state index in [-0.39, 0.29) is 11.1 Å². The number of furan rings is 1. The summed E-state index contributed by atoms with van der Waals surface area (Å²) in [5.74, 6) is 0.314. The second-order valence-corrected chi connectivity index (χ2v) is 8.10. The molecule has 1 aliphatic carbocycles. The first kappa shape index (κ1) is 17.4. The van der Waals surface area contributed by atoms with Crippen molar-refractivity contribution in [2.45, 2.75) is 45.6 Å². The van der Waals surface area contributed by atoms with Gasteiger partial charge in [0.25, 0.3) is 5.56 Å². The Hall–Kier alpha value is -2.66. The number of pyridine rings is 1. The van der Waals surface area contributed by atoms with E-state index in [9.17, 15) is 4.79 Å². The van der Waals surface area contributed by atoms with Gasteiger partial charge in [-0.15, -0.1) is 0 Å². The highest BCUT2D eigenvalue weighted by Gasteiger charge is 2.26. The lowest BCUT2D eigenvalue weighted by Crippen LogP contribution is -2.20. The molecule has 1 aromatic carbocycles. The third-order valence-corrected chi connectivity index (χ3v) is 5.91. The molecule has 0 N–H and O–H groups in total. The largest absolute Gasteiger partial charge is 0.430 e. The fraction of sp³-hybridized carbons (Fsp3) is 0.318. The highest BCUT2D eigenvalue weighted by molar-refractivity contribution is 6.31. The molecule has 3 heterocycles. The lowest BCUT2D eigenvalue weighted by atomic mass is 9.99. The first-order valence-corrected chi connectivity index (χ1v) is 9.99. The maximum atomic E-state index is 13.1. The topological polar surface area (TPSA) is 60.9 Å². The Labute approximate surface area is 167 Å². The van der Waals surface area contributed by atoms with Gasteiger partial charge < -0.3 is 4.42 Å². The summed E-state index contributed by atoms with van der Waals surface area (Å²) in [6.45, 7) is 4.63. The van der Waals surface area contributed by atoms with Crippen molar-refractivity contribution in [3.05, 3.63) is 68.4 Å². The molecule has 0 bridgehead atoms. The average molecular weight is 394 g/mol. The molecule has 5 nitrogen and oxygen atoms in total. The van der Waals surface area contributed by atoms with Crippen LogP contribution in [0.4, 0.5) is 0 Å². The molecule has 4 aromatic rings. The van der Waals surface area contributed by atoms with Crippen LogP contribution < -0.4 is 5.56 Å². The van der Waals surface area contributed by atoms with Crippen LogP contribution in [0.2, 0.25) is 5.02 Å². The predicted molar refractivity (Wildman–Crippen MR) is 110 cm³/mol. The first-order valence-electron chi connectivity index (χ1n) is 9.61. The molecule has 0 fully saturated rings. The molecule has 0 aliphatic heterocycles. The molecule has 0 atom stereocenters. The Bertz CT molecular complexity index is 1290. The molecule has 0 spiro atoms. The normalized spacial score (nSPS) is 13.7. The van der Waals surface area contributed by atoms with Crippen molar-refractivity contribution in [1.29, 1.82) is 0 Å². The summed E-state index contributed by atoms with van der Waals surface area (Å²) < 4.78 is 7.51. The molecular weight excluding hydrogens is 374 g/mol. The van der Waals surface area contributed by atoms with Crippen LogP contribution in [0, 0.1) is 0 Å². The Morgan fingerprint density at radius 3 is 2.79 bits per heavy atom. The molecule has 142 valence electrons. The third kappa shape index (κ3) is 2.57. The standard InChI is InChI=1S/C22H20ClN3O2/c1-12(2)18-15-8-5-7-14(15)17-19-20(28-21(17)25-18)22(27)26(11-24-19)10-13-6-3-4-9-16(13)23/h3-4,6,9,11-12H,5,7-8,10H2,1-2H3. The minimum Gasteiger partial charge on any atom is -0.430 e. The number of nitrogens with zero attached hydrogens (tertiary/aromatic N) is 3. The zero-order valence-corrected chi connectivity index (χ0v) is 16.6. The van der Waals surface area contributed by atoms with Gasteiger partial charge in [-0.3, -0.25) is 9.36 Å². The van der Waals surface area contributed by atoms with E-state index in [1.807, 2.05) is 24.3 Å². The SMILES string of the molecule is CC(C)c1nc2oc3c(=O)n(Cc4ccccc4Cl)cnc3c2c2c1CCC2. The Balaban J connectivity index is 1.73. The molecule has 0 saturated carbocycles. The van der Waals surface area contributed by atoms with Crippen LogP contribution in [0.3, 0.4) is 0 Å². The molecule has 3 aromatic heterocycles. The van der Waals surface area contributed by atoms with Crippen LogP contribution >= 0.6 is 11.6 Å². The Kier molecular flexibility index (Phi) is 4.02. The average Bonchev–Trinajstić information content (AvgIpc) is 3.29. The van der Waals surface area contributed by atoms with E-state index < -0.39 is 0 Å². The van der Waals surface area contributed by atoms with Crippen molar-refractivity contribution in [2.24, 2.45) is 0 Å². The molecule has 0 amide bonds. The molecule has 0 saturated heterocycles. The van der Waals surface area contributed by atoms with Gasteiger partial charge in [-0.25, -0.2) is 9.97 Å². The Morgan fingerprint density at radius 1 is 1.21 bits per heavy atom. The fourth-order valence-corrected chi connectivity index (χ4v) is 4.41. The summed E-state index contributed by atoms with van der Waals surface area (Å²) in [4.78, 5) is 22.5. The Morgan fingerprint density at radius 2 is 2.00 bits per heavy atom. The van der Waals surface area contributed by atoms with Gasteiger partial charge in [-0.1, -0.05) is 43.6 Å². The smallest absolute Gasteiger partial charge is 0.297 e. The summed E-state index contributed by atoms with van der Waals surface area (Å²) in [6, 6.07) is 7.49. The maximum absolute atomic E-state index is 13.1. The van der Waals surface area contributed by atoms with Crippen LogP contribution in [-0.4, -0.2) is 14.5 Å². The molecule has 5 rings (SSSR count). The monoisotopic (exact) mass is 393 g/mol. The van der Waals surface area contributed by atoms with E-state index in [2.05, 4.69) is 18.8 Å². The van der Waals surface area contributed by atoms with Crippen LogP contribution in [0.25, 0.3) is 22.2 Å². The van der Waals surface area contributed by atoms with Crippen LogP contribution in [0.5, 0.6) is 0 Å². The lowest BCUT2D eigenvalue weighted by molar-refractivity contribution is 0.626. The molecule has 0 radical (unpaired) electrons. The predicted octanol–water partition coefficient (Wildman–Crippen LogP) is 4.85. The van der Waals surface area contributed by atoms with Crippen molar-refractivity contribution < 1.29 is 4.42 Å². The molecule has 28 heavy (non-hydrogen) atoms. The van der Waals surface area contributed by atoms with Gasteiger partial charge in [-0.2, -0.15) is 0 Å². The van der Waals surface area contributed by atoms with E-state index in [1.165, 1.54) is 15.7 Å². The number of aromatic nitrogens is 3. The zero-order valence-electron chi connectivity index (χ0n) is 15.8. The summed E-state index contributed by atoms with van der Waals surface area (Å²) in [6.07, 6.45) is 4.70. The summed E-state index contributed by atoms with van der Waals surface area (Å²) >= 11 is 6.25. The maximum Gasteiger partial charge on any atom is 0.297 e. The van der Waals surface area contributed by atoms with E-state index in [1.54, 1.807) is 6.33 Å². The summed E-state index contributed by atoms with van der Waals surface area (Å²) in [5.41, 5.74) is 5.72. The number of hydrogen-bond donors (Lipinski definition) is 0. The van der Waals surface area contributed by atoms with Gasteiger partial charge >= 0.3 is 0 Å². The first-order chi connectivity index (χ1) is 13.5. The lowest BCUT2D eigenvalue weighted by Gasteiger charge is -2.11. The highest BCUT2D eigenvalue weighted by Crippen LogP contribution is 2.37. The molecular formula is C22H20ClN3O2. The molecule has 6 heteroatoms. The third-order valence-electron chi connectivity index (χ3n) is 5.54. The minimum absolute atomic E-state index is 0.208. The number of halogens is 1. The number of rotatable bonds is 3. The molecule has 0 unspecified atom stereocenters. The summed E-state index contributed by atoms with van der Waals surface area (Å²) in [5, 5.41) is 1.54. The molecule has 1 aliphatic rings. The highest BCUT2D eigenvalue weighted by atomic mass is 35.5. The van der Waals surface area contributed by atoms with E-state index in [0.29, 0.717) is 28.7 Å². The van der Waals surface area contributed by atoms with Crippen molar-refractivity contribution in [1.82, 2.24) is 14.5 Å². The van der Waals surface area contributed by atoms with Crippen LogP contribution in [0.15, 0.2) is 39.8 Å². The van der Waals surface area contributed by atoms with E-state index in [4.69, 9.17) is 21.0 Å². The summed E-state index contributed by atoms with van der Waals surface area (Å²) in [7, 11) is 0. The fourth-order valence-electron chi connectivity index (χ4n) is 4.22. The van der Waals surface area contributed by atoms with Crippen molar-refractivity contribution in [3.8, 4) is 0 Å². The zero-order chi connectivity index (χ0) is 19.4. The van der Waals surface area contributed by atoms with Gasteiger partial charge in [-0.05, 0) is 47.9 Å². The van der Waals surface area contributed by atoms with Crippen molar-refractivity contribution in [2.75, 3.05) is 0 Å². The quantitative estimate of drug-likeness (QED) is 0.499. The van der Waals surface area contributed by atoms with Gasteiger partial charge in [0.2, 0.25) is 11.3 Å². The number of fused-ring (bicyclic) bond motifs is 5. The van der Waals surface area contributed by atoms with Crippen molar-refractivity contribution >= 4 is 33.8 Å². The minimum atomic E-state index is -0.208. The van der Waals surface area contributed by atoms with Crippen LogP contribution in [-0.2, 0) is 19.4 Å². The number of benzene rings is 1. The van der Waals surface area contributed by atoms with E-state index >= 15 is 0 Å². The van der Waals surface area contributed by atoms with Gasteiger partial charge in [0.15, 0.2) is 0 Å². The van der Waals surface area contributed by atoms with E-state index in [0.717, 1.165) is 35.9 Å². The van der Waals surface area contributed by atoms with Gasteiger partial charge in [0, 0.05) is 5.02 Å². The number of aryl methyl sites for hydroxylation is 1. The second kappa shape index (κ2) is 6.45. The second-order valence-electron chi connectivity index (χ2n) is 7.69. The van der Waals surface area contributed by atoms with Crippen LogP contribution in [0.1, 0.15) is 48.6 Å². The van der Waals surface area contributed by atoms with Gasteiger partial charge in [0.1, 0.15) is 5.52 Å². The van der Waals surface area contributed by atoms with Gasteiger partial charge in [0.05, 0.1) is 24.0 Å². The van der Waals surface area contributed by atoms with Crippen molar-refractivity contribution in [3.63, 3.8) is 0 Å².